The quantitative estimate of drug-likeness (QED) is 0.0248. The molecule has 10 atom stereocenters. The third kappa shape index (κ3) is 23.2. The average Bonchev–Trinajstić information content (AvgIpc) is 1.64. The number of rotatable bonds is 26. The van der Waals surface area contributed by atoms with Crippen LogP contribution < -0.4 is 70.4 Å². The second-order valence-corrected chi connectivity index (χ2v) is 23.8. The zero-order valence-corrected chi connectivity index (χ0v) is 53.1. The Morgan fingerprint density at radius 2 is 1.37 bits per heavy atom. The van der Waals surface area contributed by atoms with Crippen molar-refractivity contribution >= 4 is 105 Å². The molecule has 30 nitrogen and oxygen atoms in total. The molecular formula is C61H87ClN16O14. The number of aliphatic carboxylic acids is 1. The van der Waals surface area contributed by atoms with Gasteiger partial charge in [0.2, 0.25) is 70.9 Å². The molecule has 2 fully saturated rings. The molecule has 92 heavy (non-hydrogen) atoms. The maximum absolute atomic E-state index is 14.8. The number of carbonyl (C=O) groups excluding carboxylic acids is 12. The van der Waals surface area contributed by atoms with Crippen molar-refractivity contribution in [1.29, 1.82) is 0 Å². The summed E-state index contributed by atoms with van der Waals surface area (Å²) in [5, 5.41) is 37.4. The summed E-state index contributed by atoms with van der Waals surface area (Å²) in [6, 6.07) is -0.399. The van der Waals surface area contributed by atoms with E-state index in [1.165, 1.54) is 18.7 Å². The molecular weight excluding hydrogens is 1220 g/mol. The van der Waals surface area contributed by atoms with E-state index in [9.17, 15) is 67.4 Å². The molecule has 0 saturated carbocycles. The summed E-state index contributed by atoms with van der Waals surface area (Å²) in [4.78, 5) is 187. The number of primary amides is 1. The maximum atomic E-state index is 14.8. The monoisotopic (exact) mass is 1300 g/mol. The molecule has 0 bridgehead atoms. The first kappa shape index (κ1) is 73.4. The highest BCUT2D eigenvalue weighted by molar-refractivity contribution is 6.30. The van der Waals surface area contributed by atoms with Crippen LogP contribution in [-0.2, 0) is 75.2 Å². The maximum Gasteiger partial charge on any atom is 0.305 e. The van der Waals surface area contributed by atoms with E-state index in [1.54, 1.807) is 75.5 Å². The number of nitrogens with two attached hydrogens (primary N) is 3. The van der Waals surface area contributed by atoms with Gasteiger partial charge in [0.15, 0.2) is 5.96 Å². The number of aromatic nitrogens is 1. The normalized spacial score (nSPS) is 20.1. The van der Waals surface area contributed by atoms with Crippen molar-refractivity contribution in [2.24, 2.45) is 28.1 Å². The SMILES string of the molecule is CC[C@H](NC(C)=O)C(=O)N[C@@H](Cc1ccc(Cl)cc1)C(=O)N[C@@H](Cc1c[nH]c2ccccc12)C(=O)N[C@@H](CC(=O)O)C(=O)N[C@@H]1CCC(=O)NCCCC[C@@H](C(=O)N2CCC[C@@H]2C(=O)N[C@@H](C)C(N)=O)NC(=O)[C@H](CC(C)C)NC(=O)[C@@H](CCCN=C(N)N)NC1=O. The highest BCUT2D eigenvalue weighted by Gasteiger charge is 2.40. The third-order valence-corrected chi connectivity index (χ3v) is 15.8. The van der Waals surface area contributed by atoms with E-state index in [-0.39, 0.29) is 95.7 Å². The molecule has 0 radical (unpaired) electrons. The Morgan fingerprint density at radius 3 is 2.01 bits per heavy atom. The molecule has 31 heteroatoms. The van der Waals surface area contributed by atoms with Gasteiger partial charge in [-0.3, -0.25) is 67.3 Å². The first-order chi connectivity index (χ1) is 43.6. The Bertz CT molecular complexity index is 3170. The van der Waals surface area contributed by atoms with Gasteiger partial charge in [-0.05, 0) is 106 Å². The van der Waals surface area contributed by atoms with Crippen LogP contribution in [-0.4, -0.2) is 178 Å². The topological polar surface area (TPSA) is 472 Å². The number of likely N-dealkylation sites (tertiary alicyclic amines) is 1. The van der Waals surface area contributed by atoms with Gasteiger partial charge in [0.1, 0.15) is 60.4 Å². The predicted octanol–water partition coefficient (Wildman–Crippen LogP) is -1.45. The summed E-state index contributed by atoms with van der Waals surface area (Å²) in [6.45, 7) is 8.00. The lowest BCUT2D eigenvalue weighted by atomic mass is 10.00. The zero-order chi connectivity index (χ0) is 67.8. The van der Waals surface area contributed by atoms with Crippen LogP contribution in [0.1, 0.15) is 123 Å². The van der Waals surface area contributed by atoms with Crippen molar-refractivity contribution in [2.45, 2.75) is 185 Å². The van der Waals surface area contributed by atoms with Gasteiger partial charge in [-0.1, -0.05) is 62.7 Å². The summed E-state index contributed by atoms with van der Waals surface area (Å²) in [5.41, 5.74) is 18.2. The van der Waals surface area contributed by atoms with Gasteiger partial charge in [-0.25, -0.2) is 0 Å². The van der Waals surface area contributed by atoms with E-state index in [4.69, 9.17) is 28.8 Å². The number of carboxylic acids is 1. The van der Waals surface area contributed by atoms with Crippen LogP contribution in [0.3, 0.4) is 0 Å². The minimum Gasteiger partial charge on any atom is -0.481 e. The molecule has 0 unspecified atom stereocenters. The van der Waals surface area contributed by atoms with Crippen molar-refractivity contribution in [3.63, 3.8) is 0 Å². The van der Waals surface area contributed by atoms with E-state index in [0.29, 0.717) is 33.5 Å². The number of hydrogen-bond acceptors (Lipinski definition) is 14. The highest BCUT2D eigenvalue weighted by Crippen LogP contribution is 2.23. The van der Waals surface area contributed by atoms with Crippen molar-refractivity contribution in [3.8, 4) is 0 Å². The number of amides is 12. The molecule has 18 N–H and O–H groups in total. The molecule has 2 aliphatic rings. The first-order valence-electron chi connectivity index (χ1n) is 30.8. The average molecular weight is 1300 g/mol. The largest absolute Gasteiger partial charge is 0.481 e. The summed E-state index contributed by atoms with van der Waals surface area (Å²) < 4.78 is 0. The number of nitrogens with one attached hydrogen (secondary N) is 11. The van der Waals surface area contributed by atoms with Crippen molar-refractivity contribution in [1.82, 2.24) is 63.1 Å². The second-order valence-electron chi connectivity index (χ2n) is 23.4. The standard InChI is InChI=1S/C61H87ClN16O14/c1-6-39(70-34(5)79)52(84)75-45(28-35-18-20-37(62)21-19-35)56(88)76-46(29-36-31-68-40-14-8-7-13-38(36)40)57(89)77-47(30-50(81)82)58(90)72-42-22-23-49(80)66-24-10-9-15-43(60(92)78-26-12-17-48(78)59(91)69-33(4)51(63)83)73-55(87)44(27-32(2)3)74-53(85)41(71-54(42)86)16-11-25-67-61(64)65/h7-8,13-14,18-21,31-33,39,41-48,68H,6,9-12,15-17,22-30H2,1-5H3,(H2,63,83)(H,66,80)(H,69,91)(H,70,79)(H,71,86)(H,72,90)(H,73,87)(H,74,85)(H,75,84)(H,76,88)(H,77,89)(H,81,82)(H4,64,65,67)/t33-,39-,41+,42+,43-,44-,45-,46-,47-,48+/m0/s1. The zero-order valence-electron chi connectivity index (χ0n) is 52.3. The molecule has 12 amide bonds. The van der Waals surface area contributed by atoms with Crippen molar-refractivity contribution in [2.75, 3.05) is 19.6 Å². The summed E-state index contributed by atoms with van der Waals surface area (Å²) in [7, 11) is 0. The number of carboxylic acid groups (broad SMARTS) is 1. The van der Waals surface area contributed by atoms with Crippen molar-refractivity contribution < 1.29 is 67.4 Å². The molecule has 502 valence electrons. The molecule has 0 aliphatic carbocycles. The fraction of sp³-hybridized carbons (Fsp3) is 0.541. The number of aliphatic imine (C=N–C) groups is 1. The lowest BCUT2D eigenvalue weighted by Gasteiger charge is -2.31. The number of hydrogen-bond donors (Lipinski definition) is 15. The van der Waals surface area contributed by atoms with Gasteiger partial charge in [0.05, 0.1) is 6.42 Å². The molecule has 2 aliphatic heterocycles. The van der Waals surface area contributed by atoms with Gasteiger partial charge in [-0.2, -0.15) is 0 Å². The van der Waals surface area contributed by atoms with E-state index >= 15 is 0 Å². The van der Waals surface area contributed by atoms with Crippen LogP contribution in [0.4, 0.5) is 0 Å². The Labute approximate surface area is 537 Å². The second kappa shape index (κ2) is 35.9. The number of guanidine groups is 1. The van der Waals surface area contributed by atoms with Crippen molar-refractivity contribution in [3.05, 3.63) is 70.9 Å². The van der Waals surface area contributed by atoms with Gasteiger partial charge in [0, 0.05) is 67.9 Å². The number of halogens is 1. The Balaban J connectivity index is 1.46. The number of carbonyl (C=O) groups is 13. The minimum absolute atomic E-state index is 0.0245. The van der Waals surface area contributed by atoms with Gasteiger partial charge in [0.25, 0.3) is 0 Å². The third-order valence-electron chi connectivity index (χ3n) is 15.5. The number of nitrogens with zero attached hydrogens (tertiary/aromatic N) is 2. The molecule has 1 aromatic heterocycles. The minimum atomic E-state index is -1.98. The first-order valence-corrected chi connectivity index (χ1v) is 31.1. The number of fused-ring (bicyclic) bond motifs is 1. The molecule has 2 aromatic carbocycles. The molecule has 5 rings (SSSR count). The fourth-order valence-electron chi connectivity index (χ4n) is 10.6. The van der Waals surface area contributed by atoms with Crippen LogP contribution in [0.2, 0.25) is 5.02 Å². The van der Waals surface area contributed by atoms with E-state index < -0.39 is 157 Å². The van der Waals surface area contributed by atoms with Gasteiger partial charge < -0.3 is 85.4 Å². The molecule has 3 heterocycles. The van der Waals surface area contributed by atoms with Gasteiger partial charge in [-0.15, -0.1) is 0 Å². The molecule has 3 aromatic rings. The number of benzene rings is 2. The van der Waals surface area contributed by atoms with Crippen LogP contribution in [0.25, 0.3) is 10.9 Å². The Kier molecular flexibility index (Phi) is 28.6. The van der Waals surface area contributed by atoms with E-state index in [0.717, 1.165) is 0 Å². The summed E-state index contributed by atoms with van der Waals surface area (Å²) in [6.07, 6.45) is 0.481. The summed E-state index contributed by atoms with van der Waals surface area (Å²) in [5.74, 6) is -11.9. The van der Waals surface area contributed by atoms with E-state index in [1.807, 2.05) is 0 Å². The van der Waals surface area contributed by atoms with Crippen LogP contribution in [0.15, 0.2) is 59.7 Å². The number of para-hydroxylation sites is 1. The smallest absolute Gasteiger partial charge is 0.305 e. The molecule has 0 spiro atoms. The lowest BCUT2D eigenvalue weighted by molar-refractivity contribution is -0.142. The van der Waals surface area contributed by atoms with Crippen LogP contribution in [0.5, 0.6) is 0 Å². The fourth-order valence-corrected chi connectivity index (χ4v) is 10.8. The predicted molar refractivity (Wildman–Crippen MR) is 338 cm³/mol. The van der Waals surface area contributed by atoms with E-state index in [2.05, 4.69) is 63.1 Å². The van der Waals surface area contributed by atoms with Gasteiger partial charge >= 0.3 is 5.97 Å². The summed E-state index contributed by atoms with van der Waals surface area (Å²) >= 11 is 6.16. The number of aromatic amines is 1. The Morgan fingerprint density at radius 1 is 0.728 bits per heavy atom. The number of H-pyrrole nitrogens is 1. The Hall–Kier alpha value is -9.35. The van der Waals surface area contributed by atoms with Crippen LogP contribution in [0, 0.1) is 5.92 Å². The lowest BCUT2D eigenvalue weighted by Crippen LogP contribution is -2.61. The molecule has 2 saturated heterocycles. The highest BCUT2D eigenvalue weighted by atomic mass is 35.5. The van der Waals surface area contributed by atoms with Crippen LogP contribution >= 0.6 is 11.6 Å².